The predicted molar refractivity (Wildman–Crippen MR) is 124 cm³/mol. The van der Waals surface area contributed by atoms with Gasteiger partial charge in [0.25, 0.3) is 0 Å². The largest absolute Gasteiger partial charge is 0.424 e. The minimum Gasteiger partial charge on any atom is -0.424 e. The van der Waals surface area contributed by atoms with Gasteiger partial charge in [-0.1, -0.05) is 23.7 Å². The first kappa shape index (κ1) is 19.1. The summed E-state index contributed by atoms with van der Waals surface area (Å²) in [5.41, 5.74) is 10.3. The Kier molecular flexibility index (Phi) is 4.80. The van der Waals surface area contributed by atoms with Crippen molar-refractivity contribution >= 4 is 45.2 Å². The van der Waals surface area contributed by atoms with Crippen LogP contribution >= 0.6 is 11.6 Å². The average molecular weight is 431 g/mol. The van der Waals surface area contributed by atoms with Crippen molar-refractivity contribution in [1.82, 2.24) is 19.5 Å². The van der Waals surface area contributed by atoms with Crippen LogP contribution in [0.25, 0.3) is 21.9 Å². The van der Waals surface area contributed by atoms with Crippen LogP contribution in [0.15, 0.2) is 66.9 Å². The highest BCUT2D eigenvalue weighted by Crippen LogP contribution is 2.24. The second-order valence-corrected chi connectivity index (χ2v) is 7.63. The molecule has 7 nitrogen and oxygen atoms in total. The van der Waals surface area contributed by atoms with Gasteiger partial charge in [0, 0.05) is 35.9 Å². The number of halogens is 1. The van der Waals surface area contributed by atoms with Gasteiger partial charge in [0.15, 0.2) is 0 Å². The normalized spacial score (nSPS) is 11.2. The van der Waals surface area contributed by atoms with Crippen LogP contribution in [0.1, 0.15) is 5.56 Å². The molecular weight excluding hydrogens is 412 g/mol. The lowest BCUT2D eigenvalue weighted by Gasteiger charge is -2.08. The zero-order valence-electron chi connectivity index (χ0n) is 16.7. The molecule has 3 N–H and O–H groups in total. The molecular formula is C23H19ClN6O. The van der Waals surface area contributed by atoms with Crippen LogP contribution < -0.4 is 15.8 Å². The molecule has 0 radical (unpaired) electrons. The fourth-order valence-electron chi connectivity index (χ4n) is 3.36. The van der Waals surface area contributed by atoms with Crippen molar-refractivity contribution < 1.29 is 4.74 Å². The highest BCUT2D eigenvalue weighted by molar-refractivity contribution is 6.31. The van der Waals surface area contributed by atoms with Gasteiger partial charge in [-0.25, -0.2) is 9.97 Å². The Morgan fingerprint density at radius 2 is 1.84 bits per heavy atom. The molecule has 5 aromatic rings. The van der Waals surface area contributed by atoms with Crippen LogP contribution in [-0.2, 0) is 13.6 Å². The van der Waals surface area contributed by atoms with Gasteiger partial charge in [0.1, 0.15) is 5.75 Å². The topological polar surface area (TPSA) is 90.9 Å². The molecule has 154 valence electrons. The molecule has 0 unspecified atom stereocenters. The van der Waals surface area contributed by atoms with Gasteiger partial charge in [-0.15, -0.1) is 0 Å². The van der Waals surface area contributed by atoms with E-state index in [1.54, 1.807) is 12.3 Å². The molecule has 5 rings (SSSR count). The Morgan fingerprint density at radius 3 is 2.68 bits per heavy atom. The number of aromatic nitrogens is 4. The monoisotopic (exact) mass is 430 g/mol. The van der Waals surface area contributed by atoms with E-state index in [0.717, 1.165) is 39.1 Å². The Labute approximate surface area is 183 Å². The van der Waals surface area contributed by atoms with E-state index in [2.05, 4.69) is 20.3 Å². The molecule has 0 fully saturated rings. The van der Waals surface area contributed by atoms with Crippen molar-refractivity contribution in [2.75, 3.05) is 11.1 Å². The zero-order valence-corrected chi connectivity index (χ0v) is 17.5. The highest BCUT2D eigenvalue weighted by atomic mass is 35.5. The van der Waals surface area contributed by atoms with E-state index in [1.165, 1.54) is 0 Å². The van der Waals surface area contributed by atoms with Gasteiger partial charge in [-0.05, 0) is 54.1 Å². The van der Waals surface area contributed by atoms with Crippen LogP contribution in [0.2, 0.25) is 5.02 Å². The number of aryl methyl sites for hydroxylation is 1. The maximum atomic E-state index is 6.04. The lowest BCUT2D eigenvalue weighted by atomic mass is 10.2. The van der Waals surface area contributed by atoms with Gasteiger partial charge in [0.05, 0.1) is 16.6 Å². The molecule has 0 spiro atoms. The molecule has 0 saturated heterocycles. The third kappa shape index (κ3) is 3.95. The molecule has 0 aliphatic carbocycles. The number of nitrogens with one attached hydrogen (secondary N) is 1. The third-order valence-electron chi connectivity index (χ3n) is 5.01. The molecule has 31 heavy (non-hydrogen) atoms. The summed E-state index contributed by atoms with van der Waals surface area (Å²) < 4.78 is 7.79. The number of benzene rings is 3. The van der Waals surface area contributed by atoms with Gasteiger partial charge < -0.3 is 20.4 Å². The highest BCUT2D eigenvalue weighted by Gasteiger charge is 2.08. The summed E-state index contributed by atoms with van der Waals surface area (Å²) in [5.74, 6) is 1.44. The smallest absolute Gasteiger partial charge is 0.322 e. The van der Waals surface area contributed by atoms with Crippen molar-refractivity contribution in [2.24, 2.45) is 7.05 Å². The molecule has 0 amide bonds. The fraction of sp³-hybridized carbons (Fsp3) is 0.0870. The summed E-state index contributed by atoms with van der Waals surface area (Å²) in [6.45, 7) is 0.623. The molecule has 2 aromatic heterocycles. The number of anilines is 2. The lowest BCUT2D eigenvalue weighted by Crippen LogP contribution is -2.05. The summed E-state index contributed by atoms with van der Waals surface area (Å²) in [7, 11) is 1.96. The van der Waals surface area contributed by atoms with Crippen LogP contribution in [0.5, 0.6) is 11.8 Å². The maximum Gasteiger partial charge on any atom is 0.322 e. The predicted octanol–water partition coefficient (Wildman–Crippen LogP) is 5.16. The summed E-state index contributed by atoms with van der Waals surface area (Å²) in [5, 5.41) is 4.89. The average Bonchev–Trinajstić information content (AvgIpc) is 3.08. The minimum absolute atomic E-state index is 0.277. The number of nitrogens with zero attached hydrogens (tertiary/aromatic N) is 4. The number of ether oxygens (including phenoxy) is 1. The maximum absolute atomic E-state index is 6.04. The molecule has 0 aliphatic rings. The van der Waals surface area contributed by atoms with E-state index < -0.39 is 0 Å². The fourth-order valence-corrected chi connectivity index (χ4v) is 3.52. The van der Waals surface area contributed by atoms with Crippen molar-refractivity contribution in [3.8, 4) is 11.8 Å². The number of fused-ring (bicyclic) bond motifs is 2. The van der Waals surface area contributed by atoms with E-state index in [9.17, 15) is 0 Å². The summed E-state index contributed by atoms with van der Waals surface area (Å²) >= 11 is 6.04. The molecule has 0 aliphatic heterocycles. The van der Waals surface area contributed by atoms with Crippen molar-refractivity contribution in [1.29, 1.82) is 0 Å². The van der Waals surface area contributed by atoms with E-state index in [0.29, 0.717) is 17.3 Å². The van der Waals surface area contributed by atoms with Gasteiger partial charge in [0.2, 0.25) is 5.95 Å². The molecule has 0 atom stereocenters. The first-order chi connectivity index (χ1) is 15.0. The Bertz CT molecular complexity index is 1400. The molecule has 3 aromatic carbocycles. The Morgan fingerprint density at radius 1 is 1.00 bits per heavy atom. The van der Waals surface area contributed by atoms with Crippen LogP contribution in [-0.4, -0.2) is 19.5 Å². The van der Waals surface area contributed by atoms with E-state index in [1.807, 2.05) is 66.2 Å². The molecule has 0 saturated carbocycles. The molecule has 2 heterocycles. The lowest BCUT2D eigenvalue weighted by molar-refractivity contribution is 0.444. The number of nitrogen functional groups attached to an aromatic ring is 1. The first-order valence-electron chi connectivity index (χ1n) is 9.70. The third-order valence-corrected chi connectivity index (χ3v) is 5.25. The minimum atomic E-state index is 0.277. The summed E-state index contributed by atoms with van der Waals surface area (Å²) in [6.07, 6.45) is 1.72. The second-order valence-electron chi connectivity index (χ2n) is 7.20. The first-order valence-corrected chi connectivity index (χ1v) is 10.1. The van der Waals surface area contributed by atoms with Crippen LogP contribution in [0.3, 0.4) is 0 Å². The van der Waals surface area contributed by atoms with Crippen molar-refractivity contribution in [3.63, 3.8) is 0 Å². The number of nitrogens with two attached hydrogens (primary N) is 1. The number of rotatable bonds is 5. The summed E-state index contributed by atoms with van der Waals surface area (Å²) in [6, 6.07) is 19.2. The van der Waals surface area contributed by atoms with Crippen molar-refractivity contribution in [2.45, 2.75) is 6.54 Å². The standard InChI is InChI=1S/C23H19ClN6O/c1-30-21-11-17(25)6-9-19(21)28-22(30)26-12-14-2-7-18(8-3-14)31-23-27-13-15-4-5-16(24)10-20(15)29-23/h2-11,13H,12,25H2,1H3,(H,26,28). The Hall–Kier alpha value is -3.84. The molecule has 0 bridgehead atoms. The SMILES string of the molecule is Cn1c(NCc2ccc(Oc3ncc4ccc(Cl)cc4n3)cc2)nc2ccc(N)cc21. The number of hydrogen-bond donors (Lipinski definition) is 2. The van der Waals surface area contributed by atoms with Gasteiger partial charge in [-0.2, -0.15) is 4.98 Å². The zero-order chi connectivity index (χ0) is 21.4. The van der Waals surface area contributed by atoms with Crippen LogP contribution in [0, 0.1) is 0 Å². The number of imidazole rings is 1. The number of hydrogen-bond acceptors (Lipinski definition) is 6. The van der Waals surface area contributed by atoms with Crippen molar-refractivity contribution in [3.05, 3.63) is 77.4 Å². The van der Waals surface area contributed by atoms with Gasteiger partial charge >= 0.3 is 6.01 Å². The molecule has 8 heteroatoms. The van der Waals surface area contributed by atoms with E-state index in [4.69, 9.17) is 22.1 Å². The van der Waals surface area contributed by atoms with E-state index >= 15 is 0 Å². The summed E-state index contributed by atoms with van der Waals surface area (Å²) in [4.78, 5) is 13.3. The quantitative estimate of drug-likeness (QED) is 0.374. The Balaban J connectivity index is 1.28. The van der Waals surface area contributed by atoms with Gasteiger partial charge in [-0.3, -0.25) is 0 Å². The van der Waals surface area contributed by atoms with Crippen LogP contribution in [0.4, 0.5) is 11.6 Å². The van der Waals surface area contributed by atoms with E-state index in [-0.39, 0.29) is 6.01 Å². The second kappa shape index (κ2) is 7.77.